The van der Waals surface area contributed by atoms with E-state index in [4.69, 9.17) is 10.5 Å². The summed E-state index contributed by atoms with van der Waals surface area (Å²) in [4.78, 5) is 10.9. The first-order valence-electron chi connectivity index (χ1n) is 4.85. The molecule has 0 aromatic heterocycles. The van der Waals surface area contributed by atoms with Crippen LogP contribution in [0.1, 0.15) is 19.8 Å². The molecule has 0 aromatic rings. The van der Waals surface area contributed by atoms with Gasteiger partial charge in [-0.2, -0.15) is 0 Å². The Labute approximate surface area is 83.6 Å². The van der Waals surface area contributed by atoms with Crippen molar-refractivity contribution in [2.45, 2.75) is 31.3 Å². The van der Waals surface area contributed by atoms with E-state index < -0.39 is 17.5 Å². The highest BCUT2D eigenvalue weighted by molar-refractivity contribution is 5.79. The molecule has 0 radical (unpaired) electrons. The fourth-order valence-electron chi connectivity index (χ4n) is 1.64. The second-order valence-electron chi connectivity index (χ2n) is 3.82. The van der Waals surface area contributed by atoms with Gasteiger partial charge in [0.15, 0.2) is 0 Å². The summed E-state index contributed by atoms with van der Waals surface area (Å²) in [5.41, 5.74) is 4.76. The Morgan fingerprint density at radius 1 is 1.64 bits per heavy atom. The van der Waals surface area contributed by atoms with Crippen LogP contribution in [0.5, 0.6) is 0 Å². The molecule has 4 N–H and O–H groups in total. The number of aliphatic hydroxyl groups excluding tert-OH is 1. The molecule has 1 aliphatic heterocycles. The minimum atomic E-state index is -0.416. The highest BCUT2D eigenvalue weighted by Gasteiger charge is 2.33. The molecule has 1 unspecified atom stereocenters. The first-order chi connectivity index (χ1) is 6.59. The maximum Gasteiger partial charge on any atom is 0.234 e. The summed E-state index contributed by atoms with van der Waals surface area (Å²) in [5, 5.41) is 12.4. The van der Waals surface area contributed by atoms with Crippen molar-refractivity contribution in [1.82, 2.24) is 5.32 Å². The van der Waals surface area contributed by atoms with Gasteiger partial charge in [0, 0.05) is 18.8 Å². The molecule has 0 bridgehead atoms. The summed E-state index contributed by atoms with van der Waals surface area (Å²) in [6.07, 6.45) is 1.42. The number of amides is 1. The zero-order valence-corrected chi connectivity index (χ0v) is 8.45. The maximum atomic E-state index is 10.9. The van der Waals surface area contributed by atoms with Gasteiger partial charge in [0.05, 0.1) is 12.6 Å². The Bertz CT molecular complexity index is 202. The van der Waals surface area contributed by atoms with Crippen molar-refractivity contribution in [3.8, 4) is 0 Å². The Morgan fingerprint density at radius 3 is 2.64 bits per heavy atom. The SMILES string of the molecule is CC(NC1(CO)CCOCC1)C(N)=O. The van der Waals surface area contributed by atoms with Gasteiger partial charge < -0.3 is 15.6 Å². The second kappa shape index (κ2) is 4.72. The Balaban J connectivity index is 2.55. The molecule has 82 valence electrons. The number of primary amides is 1. The summed E-state index contributed by atoms with van der Waals surface area (Å²) >= 11 is 0. The number of nitrogens with one attached hydrogen (secondary N) is 1. The first-order valence-corrected chi connectivity index (χ1v) is 4.85. The third kappa shape index (κ3) is 2.67. The van der Waals surface area contributed by atoms with Gasteiger partial charge in [0.25, 0.3) is 0 Å². The van der Waals surface area contributed by atoms with Gasteiger partial charge in [-0.3, -0.25) is 10.1 Å². The number of nitrogens with two attached hydrogens (primary N) is 1. The Hall–Kier alpha value is -0.650. The monoisotopic (exact) mass is 202 g/mol. The standard InChI is InChI=1S/C9H18N2O3/c1-7(8(10)13)11-9(6-12)2-4-14-5-3-9/h7,11-12H,2-6H2,1H3,(H2,10,13). The number of hydrogen-bond acceptors (Lipinski definition) is 4. The molecule has 1 aliphatic rings. The number of carbonyl (C=O) groups excluding carboxylic acids is 1. The Morgan fingerprint density at radius 2 is 2.21 bits per heavy atom. The summed E-state index contributed by atoms with van der Waals surface area (Å²) in [7, 11) is 0. The predicted octanol–water partition coefficient (Wildman–Crippen LogP) is -1.01. The predicted molar refractivity (Wildman–Crippen MR) is 51.7 cm³/mol. The van der Waals surface area contributed by atoms with Crippen LogP contribution in [0.25, 0.3) is 0 Å². The minimum Gasteiger partial charge on any atom is -0.394 e. The van der Waals surface area contributed by atoms with Gasteiger partial charge in [-0.1, -0.05) is 0 Å². The van der Waals surface area contributed by atoms with Crippen LogP contribution in [0.4, 0.5) is 0 Å². The minimum absolute atomic E-state index is 0.00792. The lowest BCUT2D eigenvalue weighted by atomic mass is 9.90. The van der Waals surface area contributed by atoms with E-state index in [2.05, 4.69) is 5.32 Å². The number of carbonyl (C=O) groups is 1. The topological polar surface area (TPSA) is 84.6 Å². The molecule has 0 aromatic carbocycles. The molecule has 1 atom stereocenters. The maximum absolute atomic E-state index is 10.9. The van der Waals surface area contributed by atoms with Crippen LogP contribution in [-0.4, -0.2) is 42.4 Å². The molecule has 14 heavy (non-hydrogen) atoms. The molecular formula is C9H18N2O3. The van der Waals surface area contributed by atoms with Crippen LogP contribution < -0.4 is 11.1 Å². The molecule has 5 nitrogen and oxygen atoms in total. The summed E-state index contributed by atoms with van der Waals surface area (Å²) in [5.74, 6) is -0.399. The molecule has 5 heteroatoms. The van der Waals surface area contributed by atoms with Gasteiger partial charge in [-0.05, 0) is 19.8 Å². The number of hydrogen-bond donors (Lipinski definition) is 3. The van der Waals surface area contributed by atoms with E-state index in [0.717, 1.165) is 0 Å². The van der Waals surface area contributed by atoms with E-state index in [-0.39, 0.29) is 6.61 Å². The van der Waals surface area contributed by atoms with E-state index in [1.807, 2.05) is 0 Å². The number of rotatable bonds is 4. The summed E-state index contributed by atoms with van der Waals surface area (Å²) < 4.78 is 5.20. The average Bonchev–Trinajstić information content (AvgIpc) is 2.19. The molecule has 0 spiro atoms. The van der Waals surface area contributed by atoms with Crippen LogP contribution in [0.15, 0.2) is 0 Å². The molecule has 1 rings (SSSR count). The van der Waals surface area contributed by atoms with Gasteiger partial charge in [-0.15, -0.1) is 0 Å². The second-order valence-corrected chi connectivity index (χ2v) is 3.82. The van der Waals surface area contributed by atoms with E-state index >= 15 is 0 Å². The number of ether oxygens (including phenoxy) is 1. The van der Waals surface area contributed by atoms with Gasteiger partial charge in [0.2, 0.25) is 5.91 Å². The quantitative estimate of drug-likeness (QED) is 0.545. The van der Waals surface area contributed by atoms with Crippen molar-refractivity contribution in [2.24, 2.45) is 5.73 Å². The normalized spacial score (nSPS) is 23.0. The lowest BCUT2D eigenvalue weighted by Crippen LogP contribution is -2.58. The first kappa shape index (κ1) is 11.4. The third-order valence-electron chi connectivity index (χ3n) is 2.70. The van der Waals surface area contributed by atoms with Crippen molar-refractivity contribution in [2.75, 3.05) is 19.8 Å². The largest absolute Gasteiger partial charge is 0.394 e. The molecule has 1 saturated heterocycles. The van der Waals surface area contributed by atoms with Crippen molar-refractivity contribution in [3.63, 3.8) is 0 Å². The molecular weight excluding hydrogens is 184 g/mol. The van der Waals surface area contributed by atoms with Gasteiger partial charge in [-0.25, -0.2) is 0 Å². The molecule has 1 fully saturated rings. The summed E-state index contributed by atoms with van der Waals surface area (Å²) in [6, 6.07) is -0.416. The van der Waals surface area contributed by atoms with Crippen LogP contribution in [-0.2, 0) is 9.53 Å². The highest BCUT2D eigenvalue weighted by Crippen LogP contribution is 2.20. The molecule has 0 aliphatic carbocycles. The van der Waals surface area contributed by atoms with Crippen molar-refractivity contribution < 1.29 is 14.6 Å². The van der Waals surface area contributed by atoms with Crippen molar-refractivity contribution >= 4 is 5.91 Å². The van der Waals surface area contributed by atoms with E-state index in [0.29, 0.717) is 26.1 Å². The van der Waals surface area contributed by atoms with E-state index in [1.165, 1.54) is 0 Å². The average molecular weight is 202 g/mol. The molecule has 0 saturated carbocycles. The Kier molecular flexibility index (Phi) is 3.86. The molecule has 1 heterocycles. The smallest absolute Gasteiger partial charge is 0.234 e. The van der Waals surface area contributed by atoms with Crippen LogP contribution in [0.3, 0.4) is 0 Å². The van der Waals surface area contributed by atoms with Crippen LogP contribution >= 0.6 is 0 Å². The van der Waals surface area contributed by atoms with Gasteiger partial charge in [0.1, 0.15) is 0 Å². The van der Waals surface area contributed by atoms with Crippen molar-refractivity contribution in [1.29, 1.82) is 0 Å². The summed E-state index contributed by atoms with van der Waals surface area (Å²) in [6.45, 7) is 2.93. The van der Waals surface area contributed by atoms with Crippen LogP contribution in [0.2, 0.25) is 0 Å². The fraction of sp³-hybridized carbons (Fsp3) is 0.889. The van der Waals surface area contributed by atoms with E-state index in [1.54, 1.807) is 6.92 Å². The molecule has 1 amide bonds. The lowest BCUT2D eigenvalue weighted by Gasteiger charge is -2.38. The van der Waals surface area contributed by atoms with E-state index in [9.17, 15) is 9.90 Å². The third-order valence-corrected chi connectivity index (χ3v) is 2.70. The van der Waals surface area contributed by atoms with Crippen molar-refractivity contribution in [3.05, 3.63) is 0 Å². The highest BCUT2D eigenvalue weighted by atomic mass is 16.5. The lowest BCUT2D eigenvalue weighted by molar-refractivity contribution is -0.120. The van der Waals surface area contributed by atoms with Gasteiger partial charge >= 0.3 is 0 Å². The van der Waals surface area contributed by atoms with Crippen LogP contribution in [0, 0.1) is 0 Å². The fourth-order valence-corrected chi connectivity index (χ4v) is 1.64. The zero-order chi connectivity index (χ0) is 10.6. The number of aliphatic hydroxyl groups is 1. The zero-order valence-electron chi connectivity index (χ0n) is 8.45.